The predicted molar refractivity (Wildman–Crippen MR) is 118 cm³/mol. The van der Waals surface area contributed by atoms with Gasteiger partial charge in [0.05, 0.1) is 13.7 Å². The van der Waals surface area contributed by atoms with Crippen LogP contribution in [0.3, 0.4) is 0 Å². The van der Waals surface area contributed by atoms with Crippen LogP contribution in [0.4, 0.5) is 0 Å². The number of ether oxygens (including phenoxy) is 2. The zero-order chi connectivity index (χ0) is 22.5. The van der Waals surface area contributed by atoms with Gasteiger partial charge in [0.2, 0.25) is 5.91 Å². The average molecular weight is 440 g/mol. The number of aryl methyl sites for hydroxylation is 1. The van der Waals surface area contributed by atoms with Gasteiger partial charge in [0.15, 0.2) is 0 Å². The summed E-state index contributed by atoms with van der Waals surface area (Å²) in [4.78, 5) is 44.1. The first-order chi connectivity index (χ1) is 15.6. The van der Waals surface area contributed by atoms with E-state index in [2.05, 4.69) is 4.98 Å². The highest BCUT2D eigenvalue weighted by Gasteiger charge is 2.32. The van der Waals surface area contributed by atoms with Gasteiger partial charge >= 0.3 is 5.97 Å². The largest absolute Gasteiger partial charge is 0.492 e. The van der Waals surface area contributed by atoms with E-state index < -0.39 is 5.97 Å². The second kappa shape index (κ2) is 9.97. The molecule has 1 aliphatic heterocycles. The Balaban J connectivity index is 1.52. The Morgan fingerprint density at radius 1 is 1.16 bits per heavy atom. The minimum atomic E-state index is -0.531. The predicted octanol–water partition coefficient (Wildman–Crippen LogP) is 2.23. The second-order valence-electron chi connectivity index (χ2n) is 8.32. The van der Waals surface area contributed by atoms with E-state index >= 15 is 0 Å². The van der Waals surface area contributed by atoms with Crippen molar-refractivity contribution in [2.45, 2.75) is 45.1 Å². The summed E-state index contributed by atoms with van der Waals surface area (Å²) in [6.07, 6.45) is 8.41. The summed E-state index contributed by atoms with van der Waals surface area (Å²) in [5, 5.41) is 0. The standard InChI is InChI=1S/C24H29N3O5/c1-31-24(30)22-19-9-12-26(23(29)18-5-2-6-18)13-14-27(19)21(28)16-20(22)32-15-3-4-17-7-10-25-11-8-17/h7-8,10-11,16,18H,2-6,9,12-15H2,1H3. The molecule has 0 N–H and O–H groups in total. The van der Waals surface area contributed by atoms with E-state index in [1.165, 1.54) is 13.2 Å². The molecule has 0 atom stereocenters. The number of nitrogens with zero attached hydrogens (tertiary/aromatic N) is 3. The van der Waals surface area contributed by atoms with Gasteiger partial charge in [-0.15, -0.1) is 0 Å². The zero-order valence-corrected chi connectivity index (χ0v) is 18.4. The molecule has 0 radical (unpaired) electrons. The van der Waals surface area contributed by atoms with Crippen LogP contribution in [0.25, 0.3) is 0 Å². The summed E-state index contributed by atoms with van der Waals surface area (Å²) in [7, 11) is 1.32. The third-order valence-corrected chi connectivity index (χ3v) is 6.37. The van der Waals surface area contributed by atoms with Crippen LogP contribution >= 0.6 is 0 Å². The Hall–Kier alpha value is -3.16. The molecule has 0 bridgehead atoms. The fourth-order valence-corrected chi connectivity index (χ4v) is 4.33. The molecule has 1 fully saturated rings. The number of rotatable bonds is 7. The van der Waals surface area contributed by atoms with Crippen LogP contribution in [0.2, 0.25) is 0 Å². The second-order valence-corrected chi connectivity index (χ2v) is 8.32. The maximum absolute atomic E-state index is 12.9. The molecule has 0 spiro atoms. The van der Waals surface area contributed by atoms with Crippen molar-refractivity contribution in [2.24, 2.45) is 5.92 Å². The van der Waals surface area contributed by atoms with Crippen molar-refractivity contribution in [3.05, 3.63) is 57.8 Å². The van der Waals surface area contributed by atoms with E-state index in [1.807, 2.05) is 17.0 Å². The fourth-order valence-electron chi connectivity index (χ4n) is 4.33. The van der Waals surface area contributed by atoms with Crippen LogP contribution in [0, 0.1) is 5.92 Å². The van der Waals surface area contributed by atoms with Gasteiger partial charge < -0.3 is 18.9 Å². The zero-order valence-electron chi connectivity index (χ0n) is 18.4. The molecule has 3 heterocycles. The first kappa shape index (κ1) is 22.0. The smallest absolute Gasteiger partial charge is 0.343 e. The quantitative estimate of drug-likeness (QED) is 0.485. The Labute approximate surface area is 187 Å². The highest BCUT2D eigenvalue weighted by atomic mass is 16.5. The van der Waals surface area contributed by atoms with Crippen LogP contribution < -0.4 is 10.3 Å². The van der Waals surface area contributed by atoms with E-state index in [9.17, 15) is 14.4 Å². The Morgan fingerprint density at radius 2 is 1.94 bits per heavy atom. The first-order valence-corrected chi connectivity index (χ1v) is 11.2. The molecule has 1 amide bonds. The third-order valence-electron chi connectivity index (χ3n) is 6.37. The van der Waals surface area contributed by atoms with E-state index in [1.54, 1.807) is 17.0 Å². The van der Waals surface area contributed by atoms with Crippen LogP contribution in [-0.4, -0.2) is 53.1 Å². The van der Waals surface area contributed by atoms with Crippen molar-refractivity contribution in [1.29, 1.82) is 0 Å². The maximum Gasteiger partial charge on any atom is 0.343 e. The van der Waals surface area contributed by atoms with Gasteiger partial charge in [-0.05, 0) is 43.4 Å². The number of pyridine rings is 2. The molecule has 0 aromatic carbocycles. The molecule has 170 valence electrons. The van der Waals surface area contributed by atoms with E-state index in [0.717, 1.165) is 37.7 Å². The van der Waals surface area contributed by atoms with Crippen molar-refractivity contribution in [2.75, 3.05) is 26.8 Å². The normalized spacial score (nSPS) is 16.0. The third kappa shape index (κ3) is 4.69. The molecule has 0 saturated heterocycles. The fraction of sp³-hybridized carbons (Fsp3) is 0.500. The number of methoxy groups -OCH3 is 1. The molecule has 1 aliphatic carbocycles. The van der Waals surface area contributed by atoms with Gasteiger partial charge in [0.1, 0.15) is 11.3 Å². The molecule has 0 unspecified atom stereocenters. The Bertz CT molecular complexity index is 1030. The number of carbonyl (C=O) groups excluding carboxylic acids is 2. The lowest BCUT2D eigenvalue weighted by molar-refractivity contribution is -0.138. The van der Waals surface area contributed by atoms with Crippen molar-refractivity contribution in [1.82, 2.24) is 14.5 Å². The van der Waals surface area contributed by atoms with Crippen LogP contribution in [0.5, 0.6) is 5.75 Å². The average Bonchev–Trinajstić information content (AvgIpc) is 2.99. The van der Waals surface area contributed by atoms with Crippen LogP contribution in [0.1, 0.15) is 47.3 Å². The minimum Gasteiger partial charge on any atom is -0.492 e. The summed E-state index contributed by atoms with van der Waals surface area (Å²) < 4.78 is 12.5. The number of hydrogen-bond donors (Lipinski definition) is 0. The van der Waals surface area contributed by atoms with Crippen molar-refractivity contribution in [3.63, 3.8) is 0 Å². The molecule has 4 rings (SSSR count). The topological polar surface area (TPSA) is 90.7 Å². The monoisotopic (exact) mass is 439 g/mol. The maximum atomic E-state index is 12.9. The Kier molecular flexibility index (Phi) is 6.87. The summed E-state index contributed by atoms with van der Waals surface area (Å²) in [5.74, 6) is -0.0186. The molecule has 2 aromatic rings. The van der Waals surface area contributed by atoms with Crippen molar-refractivity contribution in [3.8, 4) is 5.75 Å². The van der Waals surface area contributed by atoms with Gasteiger partial charge in [-0.1, -0.05) is 6.42 Å². The molecule has 32 heavy (non-hydrogen) atoms. The molecule has 8 heteroatoms. The first-order valence-electron chi connectivity index (χ1n) is 11.2. The van der Waals surface area contributed by atoms with Gasteiger partial charge in [-0.2, -0.15) is 0 Å². The summed E-state index contributed by atoms with van der Waals surface area (Å²) in [5.41, 5.74) is 1.79. The Morgan fingerprint density at radius 3 is 2.62 bits per heavy atom. The molecular formula is C24H29N3O5. The summed E-state index contributed by atoms with van der Waals surface area (Å²) in [6, 6.07) is 5.27. The van der Waals surface area contributed by atoms with E-state index in [4.69, 9.17) is 9.47 Å². The number of fused-ring (bicyclic) bond motifs is 1. The number of carbonyl (C=O) groups is 2. The lowest BCUT2D eigenvalue weighted by atomic mass is 9.84. The summed E-state index contributed by atoms with van der Waals surface area (Å²) in [6.45, 7) is 1.67. The highest BCUT2D eigenvalue weighted by Crippen LogP contribution is 2.29. The highest BCUT2D eigenvalue weighted by molar-refractivity contribution is 5.93. The number of esters is 1. The van der Waals surface area contributed by atoms with Gasteiger partial charge in [0.25, 0.3) is 5.56 Å². The van der Waals surface area contributed by atoms with Gasteiger partial charge in [0, 0.05) is 56.1 Å². The van der Waals surface area contributed by atoms with E-state index in [-0.39, 0.29) is 28.7 Å². The van der Waals surface area contributed by atoms with Crippen molar-refractivity contribution < 1.29 is 19.1 Å². The molecule has 2 aromatic heterocycles. The lowest BCUT2D eigenvalue weighted by Gasteiger charge is -2.30. The number of amides is 1. The lowest BCUT2D eigenvalue weighted by Crippen LogP contribution is -2.40. The molecule has 8 nitrogen and oxygen atoms in total. The van der Waals surface area contributed by atoms with E-state index in [0.29, 0.717) is 38.4 Å². The molecule has 2 aliphatic rings. The number of aromatic nitrogens is 2. The number of hydrogen-bond acceptors (Lipinski definition) is 6. The van der Waals surface area contributed by atoms with Crippen LogP contribution in [-0.2, 0) is 28.9 Å². The van der Waals surface area contributed by atoms with Gasteiger partial charge in [-0.25, -0.2) is 4.79 Å². The minimum absolute atomic E-state index is 0.104. The SMILES string of the molecule is COC(=O)c1c(OCCCc2ccncc2)cc(=O)n2c1CCN(C(=O)C1CCC1)CC2. The van der Waals surface area contributed by atoms with Crippen LogP contribution in [0.15, 0.2) is 35.4 Å². The van der Waals surface area contributed by atoms with Crippen molar-refractivity contribution >= 4 is 11.9 Å². The molecule has 1 saturated carbocycles. The summed E-state index contributed by atoms with van der Waals surface area (Å²) >= 11 is 0. The molecular weight excluding hydrogens is 410 g/mol. The van der Waals surface area contributed by atoms with Gasteiger partial charge in [-0.3, -0.25) is 14.6 Å².